The van der Waals surface area contributed by atoms with E-state index in [1.807, 2.05) is 0 Å². The van der Waals surface area contributed by atoms with Gasteiger partial charge in [-0.25, -0.2) is 9.59 Å². The Kier molecular flexibility index (Phi) is 4.73. The van der Waals surface area contributed by atoms with Crippen LogP contribution in [0.5, 0.6) is 0 Å². The Balaban J connectivity index is 2.71. The molecule has 5 nitrogen and oxygen atoms in total. The lowest BCUT2D eigenvalue weighted by Gasteiger charge is -2.42. The van der Waals surface area contributed by atoms with E-state index in [2.05, 4.69) is 15.9 Å². The number of esters is 2. The number of halogens is 1. The highest BCUT2D eigenvalue weighted by atomic mass is 79.9. The maximum atomic E-state index is 11.7. The number of carbonyl (C=O) groups excluding carboxylic acids is 2. The van der Waals surface area contributed by atoms with Gasteiger partial charge in [-0.3, -0.25) is 0 Å². The van der Waals surface area contributed by atoms with E-state index >= 15 is 0 Å². The first-order chi connectivity index (χ1) is 7.60. The largest absolute Gasteiger partial charge is 0.463 e. The van der Waals surface area contributed by atoms with Gasteiger partial charge >= 0.3 is 11.9 Å². The molecule has 0 aromatic heterocycles. The van der Waals surface area contributed by atoms with Crippen molar-refractivity contribution in [1.82, 2.24) is 0 Å². The van der Waals surface area contributed by atoms with Gasteiger partial charge in [-0.15, -0.1) is 0 Å². The maximum Gasteiger partial charge on any atom is 0.350 e. The van der Waals surface area contributed by atoms with Crippen LogP contribution in [0.15, 0.2) is 0 Å². The van der Waals surface area contributed by atoms with Crippen molar-refractivity contribution in [3.05, 3.63) is 0 Å². The molecule has 1 fully saturated rings. The first-order valence-corrected chi connectivity index (χ1v) is 6.31. The summed E-state index contributed by atoms with van der Waals surface area (Å²) >= 11 is 3.22. The number of ether oxygens (including phenoxy) is 3. The molecule has 0 aromatic rings. The van der Waals surface area contributed by atoms with Gasteiger partial charge in [0.1, 0.15) is 0 Å². The monoisotopic (exact) mass is 294 g/mol. The Morgan fingerprint density at radius 2 is 1.75 bits per heavy atom. The number of alkyl halides is 1. The standard InChI is InChI=1S/C10H15BrO5/c1-3-14-8(12)10(9(13)15-4-2)5-7(6-11)16-10/h7H,3-6H2,1-2H3. The molecule has 0 aliphatic carbocycles. The number of hydrogen-bond acceptors (Lipinski definition) is 5. The zero-order chi connectivity index (χ0) is 12.2. The van der Waals surface area contributed by atoms with Gasteiger partial charge in [0.25, 0.3) is 5.60 Å². The van der Waals surface area contributed by atoms with Crippen LogP contribution in [0.3, 0.4) is 0 Å². The van der Waals surface area contributed by atoms with Crippen LogP contribution < -0.4 is 0 Å². The van der Waals surface area contributed by atoms with E-state index in [4.69, 9.17) is 14.2 Å². The summed E-state index contributed by atoms with van der Waals surface area (Å²) in [5.41, 5.74) is -1.54. The summed E-state index contributed by atoms with van der Waals surface area (Å²) in [5, 5.41) is 0.577. The van der Waals surface area contributed by atoms with Gasteiger partial charge in [-0.2, -0.15) is 0 Å². The molecular formula is C10H15BrO5. The highest BCUT2D eigenvalue weighted by Crippen LogP contribution is 2.36. The third-order valence-electron chi connectivity index (χ3n) is 2.27. The van der Waals surface area contributed by atoms with E-state index in [0.717, 1.165) is 0 Å². The molecule has 0 N–H and O–H groups in total. The number of carbonyl (C=O) groups is 2. The molecule has 1 heterocycles. The predicted octanol–water partition coefficient (Wildman–Crippen LogP) is 1.04. The van der Waals surface area contributed by atoms with Crippen molar-refractivity contribution in [2.24, 2.45) is 0 Å². The Labute approximate surface area is 103 Å². The normalized spacial score (nSPS) is 22.1. The van der Waals surface area contributed by atoms with Crippen LogP contribution >= 0.6 is 15.9 Å². The topological polar surface area (TPSA) is 61.8 Å². The summed E-state index contributed by atoms with van der Waals surface area (Å²) in [6, 6.07) is 0. The molecule has 0 amide bonds. The molecule has 6 heteroatoms. The van der Waals surface area contributed by atoms with Gasteiger partial charge in [0.05, 0.1) is 19.3 Å². The Morgan fingerprint density at radius 3 is 2.06 bits per heavy atom. The summed E-state index contributed by atoms with van der Waals surface area (Å²) in [5.74, 6) is -1.32. The first kappa shape index (κ1) is 13.4. The molecule has 1 aliphatic rings. The van der Waals surface area contributed by atoms with E-state index in [9.17, 15) is 9.59 Å². The van der Waals surface area contributed by atoms with Crippen molar-refractivity contribution in [1.29, 1.82) is 0 Å². The van der Waals surface area contributed by atoms with Crippen LogP contribution in [-0.2, 0) is 23.8 Å². The lowest BCUT2D eigenvalue weighted by atomic mass is 9.90. The van der Waals surface area contributed by atoms with Gasteiger partial charge < -0.3 is 14.2 Å². The van der Waals surface area contributed by atoms with Crippen LogP contribution in [-0.4, -0.2) is 42.2 Å². The van der Waals surface area contributed by atoms with Gasteiger partial charge in [0.15, 0.2) is 0 Å². The van der Waals surface area contributed by atoms with Gasteiger partial charge in [-0.05, 0) is 13.8 Å². The van der Waals surface area contributed by atoms with Crippen molar-refractivity contribution >= 4 is 27.9 Å². The molecule has 1 atom stereocenters. The van der Waals surface area contributed by atoms with Crippen LogP contribution in [0.25, 0.3) is 0 Å². The quantitative estimate of drug-likeness (QED) is 0.431. The Morgan fingerprint density at radius 1 is 1.31 bits per heavy atom. The Bertz CT molecular complexity index is 252. The summed E-state index contributed by atoms with van der Waals surface area (Å²) in [4.78, 5) is 23.3. The predicted molar refractivity (Wildman–Crippen MR) is 59.3 cm³/mol. The molecule has 0 radical (unpaired) electrons. The van der Waals surface area contributed by atoms with Crippen molar-refractivity contribution in [2.45, 2.75) is 32.0 Å². The van der Waals surface area contributed by atoms with Gasteiger partial charge in [-0.1, -0.05) is 15.9 Å². The third-order valence-corrected chi connectivity index (χ3v) is 2.99. The molecule has 0 aromatic carbocycles. The summed E-state index contributed by atoms with van der Waals surface area (Å²) in [6.45, 7) is 3.78. The van der Waals surface area contributed by atoms with Crippen molar-refractivity contribution in [2.75, 3.05) is 18.5 Å². The smallest absolute Gasteiger partial charge is 0.350 e. The SMILES string of the molecule is CCOC(=O)C1(C(=O)OCC)CC(CBr)O1. The highest BCUT2D eigenvalue weighted by Gasteiger charge is 2.60. The molecule has 1 saturated heterocycles. The molecule has 1 aliphatic heterocycles. The molecule has 16 heavy (non-hydrogen) atoms. The fourth-order valence-corrected chi connectivity index (χ4v) is 1.88. The lowest BCUT2D eigenvalue weighted by molar-refractivity contribution is -0.231. The fourth-order valence-electron chi connectivity index (χ4n) is 1.52. The molecule has 1 unspecified atom stereocenters. The second-order valence-corrected chi connectivity index (χ2v) is 4.01. The minimum Gasteiger partial charge on any atom is -0.463 e. The lowest BCUT2D eigenvalue weighted by Crippen LogP contribution is -2.63. The number of rotatable bonds is 5. The molecule has 0 saturated carbocycles. The van der Waals surface area contributed by atoms with Gasteiger partial charge in [0.2, 0.25) is 0 Å². The molecular weight excluding hydrogens is 280 g/mol. The van der Waals surface area contributed by atoms with E-state index < -0.39 is 17.5 Å². The van der Waals surface area contributed by atoms with Crippen molar-refractivity contribution < 1.29 is 23.8 Å². The molecule has 92 valence electrons. The average molecular weight is 295 g/mol. The van der Waals surface area contributed by atoms with Gasteiger partial charge in [0, 0.05) is 11.8 Å². The maximum absolute atomic E-state index is 11.7. The van der Waals surface area contributed by atoms with Crippen LogP contribution in [0.4, 0.5) is 0 Å². The second-order valence-electron chi connectivity index (χ2n) is 3.37. The number of hydrogen-bond donors (Lipinski definition) is 0. The van der Waals surface area contributed by atoms with E-state index in [1.54, 1.807) is 13.8 Å². The minimum atomic E-state index is -1.54. The van der Waals surface area contributed by atoms with Crippen LogP contribution in [0.2, 0.25) is 0 Å². The average Bonchev–Trinajstić information content (AvgIpc) is 2.17. The minimum absolute atomic E-state index is 0.145. The molecule has 0 spiro atoms. The summed E-state index contributed by atoms with van der Waals surface area (Å²) in [6.07, 6.45) is 0.157. The zero-order valence-corrected chi connectivity index (χ0v) is 10.9. The molecule has 1 rings (SSSR count). The summed E-state index contributed by atoms with van der Waals surface area (Å²) < 4.78 is 15.0. The van der Waals surface area contributed by atoms with Crippen molar-refractivity contribution in [3.8, 4) is 0 Å². The third kappa shape index (κ3) is 2.38. The zero-order valence-electron chi connectivity index (χ0n) is 9.32. The van der Waals surface area contributed by atoms with E-state index in [0.29, 0.717) is 11.8 Å². The van der Waals surface area contributed by atoms with Crippen LogP contribution in [0.1, 0.15) is 20.3 Å². The van der Waals surface area contributed by atoms with E-state index in [-0.39, 0.29) is 19.3 Å². The van der Waals surface area contributed by atoms with Crippen LogP contribution in [0, 0.1) is 0 Å². The first-order valence-electron chi connectivity index (χ1n) is 5.19. The summed E-state index contributed by atoms with van der Waals surface area (Å²) in [7, 11) is 0. The van der Waals surface area contributed by atoms with Crippen molar-refractivity contribution in [3.63, 3.8) is 0 Å². The highest BCUT2D eigenvalue weighted by molar-refractivity contribution is 9.09. The Hall–Kier alpha value is -0.620. The second kappa shape index (κ2) is 5.63. The van der Waals surface area contributed by atoms with E-state index in [1.165, 1.54) is 0 Å². The molecule has 0 bridgehead atoms. The fraction of sp³-hybridized carbons (Fsp3) is 0.800.